The molecule has 0 radical (unpaired) electrons. The summed E-state index contributed by atoms with van der Waals surface area (Å²) in [6.45, 7) is 1.65. The van der Waals surface area contributed by atoms with Crippen LogP contribution >= 0.6 is 11.6 Å². The van der Waals surface area contributed by atoms with Gasteiger partial charge in [0.15, 0.2) is 0 Å². The van der Waals surface area contributed by atoms with Crippen molar-refractivity contribution in [1.82, 2.24) is 4.98 Å². The Morgan fingerprint density at radius 1 is 1.38 bits per heavy atom. The van der Waals surface area contributed by atoms with E-state index in [0.29, 0.717) is 5.69 Å². The molecule has 0 unspecified atom stereocenters. The molecule has 0 bridgehead atoms. The van der Waals surface area contributed by atoms with Crippen molar-refractivity contribution >= 4 is 23.3 Å². The maximum absolute atomic E-state index is 11.1. The monoisotopic (exact) mass is 308 g/mol. The van der Waals surface area contributed by atoms with Crippen LogP contribution in [-0.4, -0.2) is 21.0 Å². The molecular formula is C13H9ClN2O5. The molecule has 1 aromatic carbocycles. The van der Waals surface area contributed by atoms with Crippen molar-refractivity contribution in [3.8, 4) is 11.6 Å². The second-order valence-electron chi connectivity index (χ2n) is 4.08. The SMILES string of the molecule is Cc1ccc(C(=O)O)c(Oc2ccc(Cl)cc2[N+](=O)[O-])n1. The fourth-order valence-electron chi connectivity index (χ4n) is 1.60. The Morgan fingerprint density at radius 3 is 2.71 bits per heavy atom. The van der Waals surface area contributed by atoms with Gasteiger partial charge < -0.3 is 9.84 Å². The zero-order chi connectivity index (χ0) is 15.6. The highest BCUT2D eigenvalue weighted by Gasteiger charge is 2.20. The number of hydrogen-bond acceptors (Lipinski definition) is 5. The van der Waals surface area contributed by atoms with E-state index in [9.17, 15) is 14.9 Å². The third-order valence-corrected chi connectivity index (χ3v) is 2.79. The first kappa shape index (κ1) is 14.7. The summed E-state index contributed by atoms with van der Waals surface area (Å²) in [5.74, 6) is -1.59. The molecular weight excluding hydrogens is 300 g/mol. The van der Waals surface area contributed by atoms with Crippen molar-refractivity contribution in [3.05, 3.63) is 56.7 Å². The van der Waals surface area contributed by atoms with Crippen LogP contribution in [0.2, 0.25) is 5.02 Å². The Kier molecular flexibility index (Phi) is 4.04. The average Bonchev–Trinajstić information content (AvgIpc) is 2.40. The molecule has 21 heavy (non-hydrogen) atoms. The van der Waals surface area contributed by atoms with Crippen LogP contribution in [0.25, 0.3) is 0 Å². The van der Waals surface area contributed by atoms with E-state index in [0.717, 1.165) is 6.07 Å². The van der Waals surface area contributed by atoms with Crippen LogP contribution in [-0.2, 0) is 0 Å². The first-order chi connectivity index (χ1) is 9.88. The summed E-state index contributed by atoms with van der Waals surface area (Å²) in [5, 5.41) is 20.2. The predicted molar refractivity (Wildman–Crippen MR) is 74.1 cm³/mol. The fourth-order valence-corrected chi connectivity index (χ4v) is 1.76. The molecule has 0 spiro atoms. The van der Waals surface area contributed by atoms with Gasteiger partial charge in [-0.25, -0.2) is 9.78 Å². The van der Waals surface area contributed by atoms with E-state index in [4.69, 9.17) is 21.4 Å². The standard InChI is InChI=1S/C13H9ClN2O5/c1-7-2-4-9(13(17)18)12(15-7)21-11-5-3-8(14)6-10(11)16(19)20/h2-6H,1H3,(H,17,18). The average molecular weight is 309 g/mol. The molecule has 2 rings (SSSR count). The minimum absolute atomic E-state index is 0.134. The molecule has 0 atom stereocenters. The molecule has 0 aliphatic rings. The fraction of sp³-hybridized carbons (Fsp3) is 0.0769. The van der Waals surface area contributed by atoms with Crippen LogP contribution in [0.5, 0.6) is 11.6 Å². The Balaban J connectivity index is 2.50. The Hall–Kier alpha value is -2.67. The van der Waals surface area contributed by atoms with Gasteiger partial charge in [0, 0.05) is 16.8 Å². The highest BCUT2D eigenvalue weighted by Crippen LogP contribution is 2.34. The molecule has 0 saturated carbocycles. The Bertz CT molecular complexity index is 732. The number of pyridine rings is 1. The molecule has 8 heteroatoms. The lowest BCUT2D eigenvalue weighted by atomic mass is 10.2. The molecule has 0 fully saturated rings. The number of nitro groups is 1. The van der Waals surface area contributed by atoms with Crippen molar-refractivity contribution in [1.29, 1.82) is 0 Å². The number of carboxylic acid groups (broad SMARTS) is 1. The molecule has 108 valence electrons. The highest BCUT2D eigenvalue weighted by molar-refractivity contribution is 6.30. The topological polar surface area (TPSA) is 103 Å². The number of carboxylic acids is 1. The third kappa shape index (κ3) is 3.26. The third-order valence-electron chi connectivity index (χ3n) is 2.55. The lowest BCUT2D eigenvalue weighted by molar-refractivity contribution is -0.385. The predicted octanol–water partition coefficient (Wildman–Crippen LogP) is 3.44. The summed E-state index contributed by atoms with van der Waals surface area (Å²) in [5.41, 5.74) is -0.0430. The van der Waals surface area contributed by atoms with Gasteiger partial charge in [0.05, 0.1) is 4.92 Å². The number of aryl methyl sites for hydroxylation is 1. The van der Waals surface area contributed by atoms with Crippen molar-refractivity contribution in [2.24, 2.45) is 0 Å². The van der Waals surface area contributed by atoms with Crippen molar-refractivity contribution in [2.45, 2.75) is 6.92 Å². The summed E-state index contributed by atoms with van der Waals surface area (Å²) in [6, 6.07) is 6.64. The number of ether oxygens (including phenoxy) is 1. The molecule has 1 heterocycles. The number of rotatable bonds is 4. The van der Waals surface area contributed by atoms with E-state index in [2.05, 4.69) is 4.98 Å². The van der Waals surface area contributed by atoms with Gasteiger partial charge in [-0.2, -0.15) is 0 Å². The second kappa shape index (κ2) is 5.76. The highest BCUT2D eigenvalue weighted by atomic mass is 35.5. The quantitative estimate of drug-likeness (QED) is 0.685. The van der Waals surface area contributed by atoms with Crippen LogP contribution in [0.1, 0.15) is 16.1 Å². The number of aromatic carboxylic acids is 1. The lowest BCUT2D eigenvalue weighted by Gasteiger charge is -2.08. The second-order valence-corrected chi connectivity index (χ2v) is 4.52. The molecule has 7 nitrogen and oxygen atoms in total. The van der Waals surface area contributed by atoms with Gasteiger partial charge in [-0.3, -0.25) is 10.1 Å². The molecule has 2 aromatic rings. The molecule has 0 aliphatic carbocycles. The first-order valence-corrected chi connectivity index (χ1v) is 6.09. The number of benzene rings is 1. The van der Waals surface area contributed by atoms with E-state index < -0.39 is 10.9 Å². The van der Waals surface area contributed by atoms with Crippen LogP contribution in [0, 0.1) is 17.0 Å². The number of carbonyl (C=O) groups is 1. The van der Waals surface area contributed by atoms with Crippen molar-refractivity contribution in [2.75, 3.05) is 0 Å². The van der Waals surface area contributed by atoms with Gasteiger partial charge >= 0.3 is 11.7 Å². The maximum atomic E-state index is 11.1. The molecule has 1 N–H and O–H groups in total. The van der Waals surface area contributed by atoms with Gasteiger partial charge in [-0.1, -0.05) is 11.6 Å². The smallest absolute Gasteiger partial charge is 0.341 e. The normalized spacial score (nSPS) is 10.2. The van der Waals surface area contributed by atoms with Gasteiger partial charge in [0.2, 0.25) is 11.6 Å². The summed E-state index contributed by atoms with van der Waals surface area (Å²) in [7, 11) is 0. The van der Waals surface area contributed by atoms with Crippen LogP contribution in [0.15, 0.2) is 30.3 Å². The Labute approximate surface area is 123 Å². The first-order valence-electron chi connectivity index (χ1n) is 5.71. The van der Waals surface area contributed by atoms with Gasteiger partial charge in [0.25, 0.3) is 0 Å². The minimum Gasteiger partial charge on any atom is -0.477 e. The van der Waals surface area contributed by atoms with E-state index >= 15 is 0 Å². The van der Waals surface area contributed by atoms with Gasteiger partial charge in [-0.05, 0) is 31.2 Å². The number of hydrogen-bond donors (Lipinski definition) is 1. The Morgan fingerprint density at radius 2 is 2.10 bits per heavy atom. The van der Waals surface area contributed by atoms with Crippen LogP contribution in [0.4, 0.5) is 5.69 Å². The van der Waals surface area contributed by atoms with E-state index in [1.807, 2.05) is 0 Å². The van der Waals surface area contributed by atoms with Crippen LogP contribution in [0.3, 0.4) is 0 Å². The molecule has 0 saturated heterocycles. The summed E-state index contributed by atoms with van der Waals surface area (Å²) < 4.78 is 5.31. The van der Waals surface area contributed by atoms with Crippen molar-refractivity contribution < 1.29 is 19.6 Å². The largest absolute Gasteiger partial charge is 0.477 e. The summed E-state index contributed by atoms with van der Waals surface area (Å²) in [4.78, 5) is 25.4. The summed E-state index contributed by atoms with van der Waals surface area (Å²) >= 11 is 5.70. The minimum atomic E-state index is -1.24. The molecule has 1 aromatic heterocycles. The number of nitrogens with zero attached hydrogens (tertiary/aromatic N) is 2. The number of nitro benzene ring substituents is 1. The zero-order valence-electron chi connectivity index (χ0n) is 10.7. The van der Waals surface area contributed by atoms with Gasteiger partial charge in [-0.15, -0.1) is 0 Å². The zero-order valence-corrected chi connectivity index (χ0v) is 11.5. The van der Waals surface area contributed by atoms with Crippen LogP contribution < -0.4 is 4.74 Å². The maximum Gasteiger partial charge on any atom is 0.341 e. The summed E-state index contributed by atoms with van der Waals surface area (Å²) in [6.07, 6.45) is 0. The molecule has 0 aliphatic heterocycles. The van der Waals surface area contributed by atoms with Crippen molar-refractivity contribution in [3.63, 3.8) is 0 Å². The molecule has 0 amide bonds. The van der Waals surface area contributed by atoms with E-state index in [-0.39, 0.29) is 27.9 Å². The van der Waals surface area contributed by atoms with E-state index in [1.165, 1.54) is 24.3 Å². The lowest BCUT2D eigenvalue weighted by Crippen LogP contribution is -2.03. The van der Waals surface area contributed by atoms with E-state index in [1.54, 1.807) is 6.92 Å². The number of aromatic nitrogens is 1. The van der Waals surface area contributed by atoms with Gasteiger partial charge in [0.1, 0.15) is 5.56 Å². The number of halogens is 1.